The van der Waals surface area contributed by atoms with Crippen LogP contribution in [0.4, 0.5) is 0 Å². The summed E-state index contributed by atoms with van der Waals surface area (Å²) in [6.45, 7) is 0. The molecule has 0 N–H and O–H groups in total. The molecule has 0 saturated carbocycles. The molecule has 0 aliphatic heterocycles. The maximum atomic E-state index is 6.85. The van der Waals surface area contributed by atoms with E-state index in [2.05, 4.69) is 158 Å². The Morgan fingerprint density at radius 2 is 0.754 bits per heavy atom. The fraction of sp³-hybridized carbons (Fsp3) is 0. The van der Waals surface area contributed by atoms with Crippen molar-refractivity contribution in [2.75, 3.05) is 0 Å². The fourth-order valence-corrected chi connectivity index (χ4v) is 8.07. The molecule has 266 valence electrons. The first-order chi connectivity index (χ1) is 28.2. The van der Waals surface area contributed by atoms with Gasteiger partial charge in [-0.1, -0.05) is 176 Å². The Hall–Kier alpha value is -7.69. The standard InChI is InChI=1S/C53H33N3O/c1-4-13-34(14-5-1)41-31-42(35-15-6-2-7-16-35)33-43(32-41)53-55-51(39-18-8-3-9-19-39)54-52(56-53)40-27-24-37(25-28-40)45-21-12-22-46-47-30-29-38-26-23-36-17-10-11-20-44(36)48(38)50(47)57-49(45)46/h1-33H. The predicted molar refractivity (Wildman–Crippen MR) is 235 cm³/mol. The molecule has 0 amide bonds. The third-order valence-electron chi connectivity index (χ3n) is 10.9. The van der Waals surface area contributed by atoms with Crippen molar-refractivity contribution in [3.63, 3.8) is 0 Å². The van der Waals surface area contributed by atoms with Crippen LogP contribution in [-0.2, 0) is 0 Å². The fourth-order valence-electron chi connectivity index (χ4n) is 8.07. The zero-order chi connectivity index (χ0) is 37.7. The van der Waals surface area contributed by atoms with Gasteiger partial charge >= 0.3 is 0 Å². The first-order valence-corrected chi connectivity index (χ1v) is 19.2. The summed E-state index contributed by atoms with van der Waals surface area (Å²) in [6, 6.07) is 69.8. The number of aromatic nitrogens is 3. The van der Waals surface area contributed by atoms with E-state index in [0.29, 0.717) is 17.5 Å². The monoisotopic (exact) mass is 727 g/mol. The molecule has 11 rings (SSSR count). The summed E-state index contributed by atoms with van der Waals surface area (Å²) in [5.74, 6) is 1.85. The molecule has 2 aromatic heterocycles. The molecular formula is C53H33N3O. The quantitative estimate of drug-likeness (QED) is 0.160. The van der Waals surface area contributed by atoms with Crippen LogP contribution in [0.25, 0.3) is 111 Å². The zero-order valence-electron chi connectivity index (χ0n) is 30.8. The smallest absolute Gasteiger partial charge is 0.164 e. The SMILES string of the molecule is c1ccc(-c2cc(-c3ccccc3)cc(-c3nc(-c4ccccc4)nc(-c4ccc(-c5cccc6c5oc5c6ccc6ccc7ccccc7c65)cc4)n3)c2)cc1. The molecular weight excluding hydrogens is 695 g/mol. The van der Waals surface area contributed by atoms with E-state index in [-0.39, 0.29) is 0 Å². The minimum absolute atomic E-state index is 0.608. The summed E-state index contributed by atoms with van der Waals surface area (Å²) in [6.07, 6.45) is 0. The summed E-state index contributed by atoms with van der Waals surface area (Å²) in [4.78, 5) is 15.3. The van der Waals surface area contributed by atoms with Crippen LogP contribution >= 0.6 is 0 Å². The van der Waals surface area contributed by atoms with E-state index >= 15 is 0 Å². The molecule has 57 heavy (non-hydrogen) atoms. The molecule has 4 nitrogen and oxygen atoms in total. The lowest BCUT2D eigenvalue weighted by atomic mass is 9.96. The van der Waals surface area contributed by atoms with Crippen LogP contribution < -0.4 is 0 Å². The molecule has 2 heterocycles. The van der Waals surface area contributed by atoms with Crippen molar-refractivity contribution in [3.05, 3.63) is 200 Å². The van der Waals surface area contributed by atoms with E-state index < -0.39 is 0 Å². The van der Waals surface area contributed by atoms with Gasteiger partial charge in [0.25, 0.3) is 0 Å². The van der Waals surface area contributed by atoms with Crippen molar-refractivity contribution in [2.45, 2.75) is 0 Å². The number of rotatable bonds is 6. The summed E-state index contributed by atoms with van der Waals surface area (Å²) < 4.78 is 6.85. The largest absolute Gasteiger partial charge is 0.455 e. The molecule has 11 aromatic rings. The summed E-state index contributed by atoms with van der Waals surface area (Å²) >= 11 is 0. The van der Waals surface area contributed by atoms with Crippen molar-refractivity contribution in [2.24, 2.45) is 0 Å². The lowest BCUT2D eigenvalue weighted by Gasteiger charge is -2.12. The van der Waals surface area contributed by atoms with Crippen molar-refractivity contribution >= 4 is 43.5 Å². The molecule has 0 aliphatic rings. The van der Waals surface area contributed by atoms with Crippen molar-refractivity contribution in [1.82, 2.24) is 15.0 Å². The second-order valence-electron chi connectivity index (χ2n) is 14.4. The zero-order valence-corrected chi connectivity index (χ0v) is 30.8. The molecule has 0 bridgehead atoms. The molecule has 0 aliphatic carbocycles. The Morgan fingerprint density at radius 1 is 0.281 bits per heavy atom. The van der Waals surface area contributed by atoms with Crippen molar-refractivity contribution < 1.29 is 4.42 Å². The van der Waals surface area contributed by atoms with Gasteiger partial charge in [0.1, 0.15) is 11.2 Å². The molecule has 0 fully saturated rings. The molecule has 0 spiro atoms. The second kappa shape index (κ2) is 13.6. The highest BCUT2D eigenvalue weighted by molar-refractivity contribution is 6.24. The van der Waals surface area contributed by atoms with Gasteiger partial charge in [-0.25, -0.2) is 15.0 Å². The Balaban J connectivity index is 1.04. The third-order valence-corrected chi connectivity index (χ3v) is 10.9. The van der Waals surface area contributed by atoms with Crippen molar-refractivity contribution in [1.29, 1.82) is 0 Å². The number of para-hydroxylation sites is 1. The maximum Gasteiger partial charge on any atom is 0.164 e. The lowest BCUT2D eigenvalue weighted by molar-refractivity contribution is 0.674. The van der Waals surface area contributed by atoms with E-state index in [9.17, 15) is 0 Å². The number of hydrogen-bond donors (Lipinski definition) is 0. The molecule has 0 atom stereocenters. The first-order valence-electron chi connectivity index (χ1n) is 19.2. The molecule has 4 heteroatoms. The van der Waals surface area contributed by atoms with Gasteiger partial charge in [-0.15, -0.1) is 0 Å². The summed E-state index contributed by atoms with van der Waals surface area (Å²) in [5.41, 5.74) is 11.1. The molecule has 9 aromatic carbocycles. The van der Waals surface area contributed by atoms with Gasteiger partial charge in [0.15, 0.2) is 17.5 Å². The van der Waals surface area contributed by atoms with Crippen LogP contribution in [-0.4, -0.2) is 15.0 Å². The maximum absolute atomic E-state index is 6.85. The number of nitrogens with zero attached hydrogens (tertiary/aromatic N) is 3. The van der Waals surface area contributed by atoms with Gasteiger partial charge in [-0.2, -0.15) is 0 Å². The third kappa shape index (κ3) is 5.83. The van der Waals surface area contributed by atoms with E-state index in [4.69, 9.17) is 19.4 Å². The van der Waals surface area contributed by atoms with Crippen LogP contribution in [0.3, 0.4) is 0 Å². The number of hydrogen-bond acceptors (Lipinski definition) is 4. The van der Waals surface area contributed by atoms with Gasteiger partial charge < -0.3 is 4.42 Å². The highest BCUT2D eigenvalue weighted by Gasteiger charge is 2.18. The van der Waals surface area contributed by atoms with Gasteiger partial charge in [-0.05, 0) is 68.2 Å². The Labute approximate surface area is 329 Å². The van der Waals surface area contributed by atoms with Crippen molar-refractivity contribution in [3.8, 4) is 67.5 Å². The van der Waals surface area contributed by atoms with E-state index in [1.165, 1.54) is 16.2 Å². The molecule has 0 unspecified atom stereocenters. The molecule has 0 saturated heterocycles. The average Bonchev–Trinajstić information content (AvgIpc) is 3.69. The minimum atomic E-state index is 0.608. The second-order valence-corrected chi connectivity index (χ2v) is 14.4. The number of furan rings is 1. The van der Waals surface area contributed by atoms with Crippen LogP contribution in [0.5, 0.6) is 0 Å². The normalized spacial score (nSPS) is 11.5. The lowest BCUT2D eigenvalue weighted by Crippen LogP contribution is -2.00. The average molecular weight is 728 g/mol. The van der Waals surface area contributed by atoms with E-state index in [1.54, 1.807) is 0 Å². The number of fused-ring (bicyclic) bond motifs is 7. The van der Waals surface area contributed by atoms with Gasteiger partial charge in [0.05, 0.1) is 0 Å². The Morgan fingerprint density at radius 3 is 1.42 bits per heavy atom. The van der Waals surface area contributed by atoms with E-state index in [0.717, 1.165) is 77.4 Å². The van der Waals surface area contributed by atoms with E-state index in [1.807, 2.05) is 42.5 Å². The topological polar surface area (TPSA) is 51.8 Å². The molecule has 0 radical (unpaired) electrons. The Bertz CT molecular complexity index is 3210. The van der Waals surface area contributed by atoms with Crippen LogP contribution in [0.1, 0.15) is 0 Å². The highest BCUT2D eigenvalue weighted by atomic mass is 16.3. The van der Waals surface area contributed by atoms with Gasteiger partial charge in [-0.3, -0.25) is 0 Å². The first kappa shape index (κ1) is 32.7. The van der Waals surface area contributed by atoms with Crippen LogP contribution in [0.2, 0.25) is 0 Å². The summed E-state index contributed by atoms with van der Waals surface area (Å²) in [5, 5.41) is 6.93. The highest BCUT2D eigenvalue weighted by Crippen LogP contribution is 2.41. The Kier molecular flexibility index (Phi) is 7.78. The van der Waals surface area contributed by atoms with Crippen LogP contribution in [0, 0.1) is 0 Å². The minimum Gasteiger partial charge on any atom is -0.455 e. The van der Waals surface area contributed by atoms with Crippen LogP contribution in [0.15, 0.2) is 205 Å². The predicted octanol–water partition coefficient (Wildman–Crippen LogP) is 14.1. The van der Waals surface area contributed by atoms with Gasteiger partial charge in [0, 0.05) is 38.4 Å². The van der Waals surface area contributed by atoms with Gasteiger partial charge in [0.2, 0.25) is 0 Å². The number of benzene rings is 9. The summed E-state index contributed by atoms with van der Waals surface area (Å²) in [7, 11) is 0.